The Morgan fingerprint density at radius 2 is 1.65 bits per heavy atom. The highest BCUT2D eigenvalue weighted by Gasteiger charge is 2.05. The lowest BCUT2D eigenvalue weighted by Crippen LogP contribution is -2.19. The van der Waals surface area contributed by atoms with Crippen molar-refractivity contribution in [2.24, 2.45) is 0 Å². The number of nitrogens with one attached hydrogen (secondary N) is 2. The summed E-state index contributed by atoms with van der Waals surface area (Å²) in [5, 5.41) is 7.95. The second-order valence-corrected chi connectivity index (χ2v) is 6.38. The summed E-state index contributed by atoms with van der Waals surface area (Å²) in [6.07, 6.45) is 0. The van der Waals surface area contributed by atoms with Gasteiger partial charge in [0.2, 0.25) is 0 Å². The molecule has 7 heteroatoms. The van der Waals surface area contributed by atoms with Crippen LogP contribution >= 0.6 is 63.0 Å². The van der Waals surface area contributed by atoms with Crippen LogP contribution in [0.25, 0.3) is 0 Å². The maximum Gasteiger partial charge on any atom is 0.175 e. The molecule has 0 atom stereocenters. The number of rotatable bonds is 2. The zero-order chi connectivity index (χ0) is 14.7. The van der Waals surface area contributed by atoms with E-state index < -0.39 is 0 Å². The quantitative estimate of drug-likeness (QED) is 0.575. The van der Waals surface area contributed by atoms with Crippen LogP contribution in [0.4, 0.5) is 11.4 Å². The summed E-state index contributed by atoms with van der Waals surface area (Å²) in [5.74, 6) is 0. The first-order valence-electron chi connectivity index (χ1n) is 5.44. The highest BCUT2D eigenvalue weighted by Crippen LogP contribution is 2.27. The third-order valence-electron chi connectivity index (χ3n) is 2.36. The Labute approximate surface area is 145 Å². The van der Waals surface area contributed by atoms with Crippen molar-refractivity contribution >= 4 is 79.4 Å². The number of anilines is 2. The first-order valence-corrected chi connectivity index (χ1v) is 7.77. The van der Waals surface area contributed by atoms with Crippen LogP contribution in [0.3, 0.4) is 0 Å². The van der Waals surface area contributed by atoms with Gasteiger partial charge in [-0.2, -0.15) is 0 Å². The van der Waals surface area contributed by atoms with Crippen molar-refractivity contribution in [1.82, 2.24) is 0 Å². The maximum absolute atomic E-state index is 6.10. The molecule has 0 unspecified atom stereocenters. The molecule has 2 rings (SSSR count). The fourth-order valence-electron chi connectivity index (χ4n) is 1.45. The molecule has 0 aliphatic heterocycles. The fraction of sp³-hybridized carbons (Fsp3) is 0. The molecule has 0 radical (unpaired) electrons. The lowest BCUT2D eigenvalue weighted by molar-refractivity contribution is 1.58. The monoisotopic (exact) mass is 408 g/mol. The Morgan fingerprint density at radius 1 is 0.900 bits per heavy atom. The first-order chi connectivity index (χ1) is 9.45. The van der Waals surface area contributed by atoms with Crippen LogP contribution in [0.15, 0.2) is 40.9 Å². The Hall–Kier alpha value is -0.520. The van der Waals surface area contributed by atoms with Gasteiger partial charge in [-0.1, -0.05) is 50.7 Å². The van der Waals surface area contributed by atoms with E-state index in [9.17, 15) is 0 Å². The molecule has 2 N–H and O–H groups in total. The molecule has 0 fully saturated rings. The molecule has 0 saturated carbocycles. The van der Waals surface area contributed by atoms with E-state index in [1.165, 1.54) is 0 Å². The van der Waals surface area contributed by atoms with Gasteiger partial charge in [0.25, 0.3) is 0 Å². The minimum atomic E-state index is 0.410. The Kier molecular flexibility index (Phi) is 5.52. The molecule has 2 aromatic rings. The first kappa shape index (κ1) is 15.9. The second kappa shape index (κ2) is 6.96. The summed E-state index contributed by atoms with van der Waals surface area (Å²) in [6.45, 7) is 0. The summed E-state index contributed by atoms with van der Waals surface area (Å²) in [5.41, 5.74) is 1.46. The van der Waals surface area contributed by atoms with E-state index in [0.29, 0.717) is 25.9 Å². The fourth-order valence-corrected chi connectivity index (χ4v) is 2.70. The maximum atomic E-state index is 6.10. The van der Waals surface area contributed by atoms with Crippen LogP contribution in [0.2, 0.25) is 15.1 Å². The highest BCUT2D eigenvalue weighted by molar-refractivity contribution is 9.10. The topological polar surface area (TPSA) is 24.1 Å². The molecule has 0 amide bonds. The van der Waals surface area contributed by atoms with Gasteiger partial charge < -0.3 is 10.6 Å². The van der Waals surface area contributed by atoms with E-state index in [-0.39, 0.29) is 0 Å². The van der Waals surface area contributed by atoms with Gasteiger partial charge in [-0.3, -0.25) is 0 Å². The summed E-state index contributed by atoms with van der Waals surface area (Å²) in [6, 6.07) is 10.7. The van der Waals surface area contributed by atoms with E-state index in [2.05, 4.69) is 26.6 Å². The average molecular weight is 411 g/mol. The lowest BCUT2D eigenvalue weighted by Gasteiger charge is -2.12. The summed E-state index contributed by atoms with van der Waals surface area (Å²) >= 11 is 26.5. The van der Waals surface area contributed by atoms with Gasteiger partial charge in [0.15, 0.2) is 5.11 Å². The largest absolute Gasteiger partial charge is 0.332 e. The molecular formula is C13H8BrCl3N2S. The second-order valence-electron chi connectivity index (χ2n) is 3.83. The minimum absolute atomic E-state index is 0.410. The van der Waals surface area contributed by atoms with Crippen molar-refractivity contribution in [3.8, 4) is 0 Å². The normalized spacial score (nSPS) is 10.2. The standard InChI is InChI=1S/C13H8BrCl3N2S/c14-7-1-4-12(11(17)5-7)19-13(20)18-8-2-3-9(15)10(16)6-8/h1-6H,(H2,18,19,20). The van der Waals surface area contributed by atoms with Gasteiger partial charge >= 0.3 is 0 Å². The van der Waals surface area contributed by atoms with Crippen LogP contribution in [-0.4, -0.2) is 5.11 Å². The third-order valence-corrected chi connectivity index (χ3v) is 4.11. The van der Waals surface area contributed by atoms with Gasteiger partial charge in [0.1, 0.15) is 0 Å². The minimum Gasteiger partial charge on any atom is -0.332 e. The van der Waals surface area contributed by atoms with E-state index in [0.717, 1.165) is 10.2 Å². The van der Waals surface area contributed by atoms with Crippen molar-refractivity contribution in [3.05, 3.63) is 55.9 Å². The molecule has 0 aliphatic carbocycles. The SMILES string of the molecule is S=C(Nc1ccc(Cl)c(Cl)c1)Nc1ccc(Br)cc1Cl. The molecule has 0 aliphatic rings. The van der Waals surface area contributed by atoms with E-state index in [1.54, 1.807) is 24.3 Å². The molecule has 0 heterocycles. The number of hydrogen-bond acceptors (Lipinski definition) is 1. The van der Waals surface area contributed by atoms with Gasteiger partial charge in [0.05, 0.1) is 20.8 Å². The van der Waals surface area contributed by atoms with Crippen molar-refractivity contribution in [2.75, 3.05) is 10.6 Å². The summed E-state index contributed by atoms with van der Waals surface area (Å²) < 4.78 is 0.899. The van der Waals surface area contributed by atoms with Gasteiger partial charge in [-0.25, -0.2) is 0 Å². The van der Waals surface area contributed by atoms with Gasteiger partial charge in [0, 0.05) is 10.2 Å². The molecule has 2 aromatic carbocycles. The van der Waals surface area contributed by atoms with Crippen LogP contribution in [0.5, 0.6) is 0 Å². The van der Waals surface area contributed by atoms with E-state index in [1.807, 2.05) is 12.1 Å². The lowest BCUT2D eigenvalue weighted by atomic mass is 10.3. The Balaban J connectivity index is 2.07. The Bertz CT molecular complexity index is 664. The van der Waals surface area contributed by atoms with Crippen LogP contribution in [-0.2, 0) is 0 Å². The van der Waals surface area contributed by atoms with Crippen LogP contribution in [0, 0.1) is 0 Å². The molecule has 0 aromatic heterocycles. The van der Waals surface area contributed by atoms with E-state index >= 15 is 0 Å². The summed E-state index contributed by atoms with van der Waals surface area (Å²) in [7, 11) is 0. The molecule has 0 saturated heterocycles. The number of benzene rings is 2. The van der Waals surface area contributed by atoms with Crippen molar-refractivity contribution in [2.45, 2.75) is 0 Å². The molecule has 0 spiro atoms. The van der Waals surface area contributed by atoms with E-state index in [4.69, 9.17) is 47.0 Å². The zero-order valence-corrected chi connectivity index (χ0v) is 14.6. The molecule has 20 heavy (non-hydrogen) atoms. The van der Waals surface area contributed by atoms with Crippen molar-refractivity contribution in [1.29, 1.82) is 0 Å². The van der Waals surface area contributed by atoms with Crippen LogP contribution in [0.1, 0.15) is 0 Å². The number of halogens is 4. The predicted molar refractivity (Wildman–Crippen MR) is 95.5 cm³/mol. The third kappa shape index (κ3) is 4.24. The molecule has 104 valence electrons. The zero-order valence-electron chi connectivity index (χ0n) is 9.88. The van der Waals surface area contributed by atoms with Gasteiger partial charge in [-0.15, -0.1) is 0 Å². The van der Waals surface area contributed by atoms with Crippen molar-refractivity contribution in [3.63, 3.8) is 0 Å². The number of hydrogen-bond donors (Lipinski definition) is 2. The predicted octanol–water partition coefficient (Wildman–Crippen LogP) is 6.22. The Morgan fingerprint density at radius 3 is 2.30 bits per heavy atom. The molecule has 0 bridgehead atoms. The van der Waals surface area contributed by atoms with Crippen molar-refractivity contribution < 1.29 is 0 Å². The molecular weight excluding hydrogens is 402 g/mol. The highest BCUT2D eigenvalue weighted by atomic mass is 79.9. The molecule has 2 nitrogen and oxygen atoms in total. The number of thiocarbonyl (C=S) groups is 1. The smallest absolute Gasteiger partial charge is 0.175 e. The van der Waals surface area contributed by atoms with Gasteiger partial charge in [-0.05, 0) is 48.6 Å². The summed E-state index contributed by atoms with van der Waals surface area (Å²) in [4.78, 5) is 0. The van der Waals surface area contributed by atoms with Crippen LogP contribution < -0.4 is 10.6 Å². The average Bonchev–Trinajstić information content (AvgIpc) is 2.37.